The summed E-state index contributed by atoms with van der Waals surface area (Å²) < 4.78 is 30.9. The molecule has 0 amide bonds. The summed E-state index contributed by atoms with van der Waals surface area (Å²) in [6.45, 7) is 2.07. The van der Waals surface area contributed by atoms with E-state index >= 15 is 0 Å². The standard InChI is InChI=1S/C16H14Cl2O5S/c1-2-23-11-5-10(7-16(19)20)6-13(8-11)24(21,22)12-3-4-14(17)15(18)9-12/h3-6,8-9H,2,7H2,1H3,(H,19,20). The molecule has 0 aliphatic carbocycles. The Bertz CT molecular complexity index is 878. The Labute approximate surface area is 149 Å². The van der Waals surface area contributed by atoms with Gasteiger partial charge in [0, 0.05) is 0 Å². The van der Waals surface area contributed by atoms with E-state index in [2.05, 4.69) is 0 Å². The van der Waals surface area contributed by atoms with Crippen LogP contribution in [0.1, 0.15) is 12.5 Å². The molecule has 0 saturated heterocycles. The summed E-state index contributed by atoms with van der Waals surface area (Å²) in [4.78, 5) is 10.8. The normalized spacial score (nSPS) is 11.3. The van der Waals surface area contributed by atoms with Gasteiger partial charge in [0.1, 0.15) is 5.75 Å². The Morgan fingerprint density at radius 2 is 1.79 bits per heavy atom. The lowest BCUT2D eigenvalue weighted by Gasteiger charge is -2.11. The molecular weight excluding hydrogens is 375 g/mol. The summed E-state index contributed by atoms with van der Waals surface area (Å²) in [5, 5.41) is 9.30. The molecule has 0 fully saturated rings. The lowest BCUT2D eigenvalue weighted by atomic mass is 10.1. The van der Waals surface area contributed by atoms with Gasteiger partial charge < -0.3 is 9.84 Å². The number of carboxylic acid groups (broad SMARTS) is 1. The molecule has 0 aliphatic heterocycles. The molecule has 0 aliphatic rings. The molecule has 8 heteroatoms. The number of hydrogen-bond acceptors (Lipinski definition) is 4. The van der Waals surface area contributed by atoms with Crippen LogP contribution in [0.15, 0.2) is 46.2 Å². The smallest absolute Gasteiger partial charge is 0.307 e. The van der Waals surface area contributed by atoms with Crippen molar-refractivity contribution in [3.05, 3.63) is 52.0 Å². The molecule has 128 valence electrons. The van der Waals surface area contributed by atoms with E-state index in [1.54, 1.807) is 6.92 Å². The molecule has 2 aromatic carbocycles. The second kappa shape index (κ2) is 7.42. The second-order valence-corrected chi connectivity index (χ2v) is 7.66. The fraction of sp³-hybridized carbons (Fsp3) is 0.188. The van der Waals surface area contributed by atoms with Gasteiger partial charge in [-0.3, -0.25) is 4.79 Å². The van der Waals surface area contributed by atoms with Gasteiger partial charge in [0.15, 0.2) is 0 Å². The molecule has 24 heavy (non-hydrogen) atoms. The van der Waals surface area contributed by atoms with Crippen LogP contribution >= 0.6 is 23.2 Å². The third-order valence-electron chi connectivity index (χ3n) is 3.12. The first-order valence-corrected chi connectivity index (χ1v) is 9.16. The second-order valence-electron chi connectivity index (χ2n) is 4.90. The number of ether oxygens (including phenoxy) is 1. The van der Waals surface area contributed by atoms with Crippen LogP contribution in [0.25, 0.3) is 0 Å². The first-order valence-electron chi connectivity index (χ1n) is 6.92. The number of sulfone groups is 1. The number of aliphatic carboxylic acids is 1. The first-order chi connectivity index (χ1) is 11.2. The molecule has 0 bridgehead atoms. The highest BCUT2D eigenvalue weighted by Gasteiger charge is 2.21. The van der Waals surface area contributed by atoms with Crippen LogP contribution in [-0.4, -0.2) is 26.1 Å². The van der Waals surface area contributed by atoms with Gasteiger partial charge in [-0.2, -0.15) is 0 Å². The maximum Gasteiger partial charge on any atom is 0.307 e. The zero-order chi connectivity index (χ0) is 17.9. The van der Waals surface area contributed by atoms with Crippen LogP contribution in [0.5, 0.6) is 5.75 Å². The predicted molar refractivity (Wildman–Crippen MR) is 90.9 cm³/mol. The maximum absolute atomic E-state index is 12.8. The zero-order valence-electron chi connectivity index (χ0n) is 12.6. The molecule has 0 unspecified atom stereocenters. The summed E-state index contributed by atoms with van der Waals surface area (Å²) in [5.74, 6) is -0.781. The minimum atomic E-state index is -3.89. The van der Waals surface area contributed by atoms with Gasteiger partial charge in [-0.15, -0.1) is 0 Å². The van der Waals surface area contributed by atoms with Crippen LogP contribution in [0.3, 0.4) is 0 Å². The number of halogens is 2. The minimum Gasteiger partial charge on any atom is -0.494 e. The molecular formula is C16H14Cl2O5S. The average molecular weight is 389 g/mol. The van der Waals surface area contributed by atoms with Crippen LogP contribution in [0.4, 0.5) is 0 Å². The molecule has 5 nitrogen and oxygen atoms in total. The third-order valence-corrected chi connectivity index (χ3v) is 5.59. The van der Waals surface area contributed by atoms with E-state index in [0.29, 0.717) is 12.2 Å². The van der Waals surface area contributed by atoms with Crippen molar-refractivity contribution in [1.82, 2.24) is 0 Å². The number of rotatable bonds is 6. The highest BCUT2D eigenvalue weighted by atomic mass is 35.5. The Morgan fingerprint density at radius 3 is 2.38 bits per heavy atom. The lowest BCUT2D eigenvalue weighted by molar-refractivity contribution is -0.136. The van der Waals surface area contributed by atoms with Crippen LogP contribution in [-0.2, 0) is 21.1 Å². The summed E-state index contributed by atoms with van der Waals surface area (Å²) >= 11 is 11.7. The fourth-order valence-corrected chi connectivity index (χ4v) is 3.83. The Hall–Kier alpha value is -1.76. The maximum atomic E-state index is 12.8. The van der Waals surface area contributed by atoms with Crippen molar-refractivity contribution in [1.29, 1.82) is 0 Å². The fourth-order valence-electron chi connectivity index (χ4n) is 2.09. The van der Waals surface area contributed by atoms with Crippen molar-refractivity contribution in [2.75, 3.05) is 6.61 Å². The molecule has 2 rings (SSSR count). The van der Waals surface area contributed by atoms with Crippen molar-refractivity contribution in [3.8, 4) is 5.75 Å². The summed E-state index contributed by atoms with van der Waals surface area (Å²) in [6.07, 6.45) is -0.315. The van der Waals surface area contributed by atoms with Crippen LogP contribution < -0.4 is 4.74 Å². The van der Waals surface area contributed by atoms with Crippen LogP contribution in [0, 0.1) is 0 Å². The first kappa shape index (κ1) is 18.6. The van der Waals surface area contributed by atoms with Gasteiger partial charge in [-0.25, -0.2) is 8.42 Å². The Morgan fingerprint density at radius 1 is 1.08 bits per heavy atom. The van der Waals surface area contributed by atoms with E-state index in [9.17, 15) is 13.2 Å². The van der Waals surface area contributed by atoms with Gasteiger partial charge in [-0.1, -0.05) is 23.2 Å². The van der Waals surface area contributed by atoms with E-state index in [1.807, 2.05) is 0 Å². The molecule has 0 saturated carbocycles. The van der Waals surface area contributed by atoms with Gasteiger partial charge in [-0.05, 0) is 48.9 Å². The molecule has 0 atom stereocenters. The SMILES string of the molecule is CCOc1cc(CC(=O)O)cc(S(=O)(=O)c2ccc(Cl)c(Cl)c2)c1. The summed E-state index contributed by atoms with van der Waals surface area (Å²) in [6, 6.07) is 8.16. The largest absolute Gasteiger partial charge is 0.494 e. The minimum absolute atomic E-state index is 0.0353. The van der Waals surface area contributed by atoms with Crippen molar-refractivity contribution in [2.45, 2.75) is 23.1 Å². The molecule has 0 heterocycles. The van der Waals surface area contributed by atoms with E-state index in [1.165, 1.54) is 36.4 Å². The van der Waals surface area contributed by atoms with Gasteiger partial charge >= 0.3 is 5.97 Å². The molecule has 0 aromatic heterocycles. The van der Waals surface area contributed by atoms with E-state index in [0.717, 1.165) is 0 Å². The number of hydrogen-bond donors (Lipinski definition) is 1. The Kier molecular flexibility index (Phi) is 5.74. The average Bonchev–Trinajstić information content (AvgIpc) is 2.49. The summed E-state index contributed by atoms with van der Waals surface area (Å²) in [7, 11) is -3.89. The van der Waals surface area contributed by atoms with Gasteiger partial charge in [0.25, 0.3) is 0 Å². The highest BCUT2D eigenvalue weighted by Crippen LogP contribution is 2.30. The van der Waals surface area contributed by atoms with Crippen molar-refractivity contribution < 1.29 is 23.1 Å². The van der Waals surface area contributed by atoms with Gasteiger partial charge in [0.05, 0.1) is 32.9 Å². The van der Waals surface area contributed by atoms with Crippen molar-refractivity contribution in [3.63, 3.8) is 0 Å². The van der Waals surface area contributed by atoms with Crippen LogP contribution in [0.2, 0.25) is 10.0 Å². The monoisotopic (exact) mass is 388 g/mol. The predicted octanol–water partition coefficient (Wildman–Crippen LogP) is 3.85. The molecule has 1 N–H and O–H groups in total. The quantitative estimate of drug-likeness (QED) is 0.812. The van der Waals surface area contributed by atoms with Crippen molar-refractivity contribution >= 4 is 39.0 Å². The van der Waals surface area contributed by atoms with Gasteiger partial charge in [0.2, 0.25) is 9.84 Å². The zero-order valence-corrected chi connectivity index (χ0v) is 15.0. The topological polar surface area (TPSA) is 80.7 Å². The summed E-state index contributed by atoms with van der Waals surface area (Å²) in [5.41, 5.74) is 0.326. The number of benzene rings is 2. The Balaban J connectivity index is 2.57. The van der Waals surface area contributed by atoms with E-state index in [4.69, 9.17) is 33.0 Å². The molecule has 0 spiro atoms. The molecule has 0 radical (unpaired) electrons. The highest BCUT2D eigenvalue weighted by molar-refractivity contribution is 7.91. The number of carbonyl (C=O) groups is 1. The molecule has 2 aromatic rings. The number of carboxylic acids is 1. The van der Waals surface area contributed by atoms with Crippen molar-refractivity contribution in [2.24, 2.45) is 0 Å². The lowest BCUT2D eigenvalue weighted by Crippen LogP contribution is -2.06. The third kappa shape index (κ3) is 4.20. The van der Waals surface area contributed by atoms with E-state index in [-0.39, 0.29) is 32.0 Å². The van der Waals surface area contributed by atoms with E-state index < -0.39 is 15.8 Å².